The molecule has 0 spiro atoms. The van der Waals surface area contributed by atoms with Crippen LogP contribution in [0.2, 0.25) is 5.02 Å². The highest BCUT2D eigenvalue weighted by atomic mass is 79.9. The van der Waals surface area contributed by atoms with Gasteiger partial charge in [-0.05, 0) is 36.8 Å². The molecule has 2 aromatic carbocycles. The number of carbonyl (C=O) groups excluding carboxylic acids is 1. The van der Waals surface area contributed by atoms with Crippen LogP contribution in [-0.4, -0.2) is 19.6 Å². The molecule has 0 radical (unpaired) electrons. The topological polar surface area (TPSA) is 50.4 Å². The van der Waals surface area contributed by atoms with Gasteiger partial charge in [-0.3, -0.25) is 4.79 Å². The Hall–Kier alpha value is -1.79. The number of ether oxygens (including phenoxy) is 1. The summed E-state index contributed by atoms with van der Waals surface area (Å²) in [7, 11) is 1.52. The Morgan fingerprint density at radius 3 is 2.70 bits per heavy atom. The van der Waals surface area contributed by atoms with Crippen molar-refractivity contribution in [3.8, 4) is 5.75 Å². The van der Waals surface area contributed by atoms with Gasteiger partial charge in [-0.15, -0.1) is 0 Å². The van der Waals surface area contributed by atoms with Gasteiger partial charge in [0.2, 0.25) is 5.91 Å². The number of methoxy groups -OCH3 is 1. The number of hydrogen-bond acceptors (Lipinski definition) is 3. The number of halogens is 3. The Balaban J connectivity index is 2.03. The van der Waals surface area contributed by atoms with Crippen molar-refractivity contribution >= 4 is 44.8 Å². The molecule has 0 bridgehead atoms. The van der Waals surface area contributed by atoms with Gasteiger partial charge in [-0.2, -0.15) is 0 Å². The average Bonchev–Trinajstić information content (AvgIpc) is 2.50. The highest BCUT2D eigenvalue weighted by Crippen LogP contribution is 2.30. The molecule has 0 aliphatic heterocycles. The number of benzene rings is 2. The van der Waals surface area contributed by atoms with Crippen LogP contribution in [-0.2, 0) is 4.79 Å². The zero-order valence-corrected chi connectivity index (χ0v) is 14.9. The van der Waals surface area contributed by atoms with Gasteiger partial charge >= 0.3 is 0 Å². The fourth-order valence-electron chi connectivity index (χ4n) is 1.93. The lowest BCUT2D eigenvalue weighted by atomic mass is 10.2. The van der Waals surface area contributed by atoms with Crippen molar-refractivity contribution in [1.82, 2.24) is 0 Å². The number of hydrogen-bond donors (Lipinski definition) is 2. The highest BCUT2D eigenvalue weighted by Gasteiger charge is 2.10. The first-order valence-corrected chi connectivity index (χ1v) is 7.90. The molecule has 122 valence electrons. The van der Waals surface area contributed by atoms with Crippen LogP contribution in [0.25, 0.3) is 0 Å². The van der Waals surface area contributed by atoms with Crippen molar-refractivity contribution in [2.24, 2.45) is 0 Å². The third kappa shape index (κ3) is 4.59. The lowest BCUT2D eigenvalue weighted by Gasteiger charge is -2.13. The van der Waals surface area contributed by atoms with E-state index in [1.807, 2.05) is 6.92 Å². The Bertz CT molecular complexity index is 740. The first kappa shape index (κ1) is 17.6. The van der Waals surface area contributed by atoms with Gasteiger partial charge in [0.1, 0.15) is 11.6 Å². The molecule has 0 saturated heterocycles. The minimum atomic E-state index is -0.507. The maximum absolute atomic E-state index is 13.7. The number of anilines is 2. The summed E-state index contributed by atoms with van der Waals surface area (Å²) in [5, 5.41) is 6.04. The number of amides is 1. The van der Waals surface area contributed by atoms with Crippen LogP contribution in [0.5, 0.6) is 5.75 Å². The molecule has 4 nitrogen and oxygen atoms in total. The first-order valence-electron chi connectivity index (χ1n) is 6.73. The van der Waals surface area contributed by atoms with Crippen molar-refractivity contribution in [3.05, 3.63) is 51.2 Å². The van der Waals surface area contributed by atoms with E-state index in [0.29, 0.717) is 20.9 Å². The third-order valence-corrected chi connectivity index (χ3v) is 4.03. The van der Waals surface area contributed by atoms with E-state index in [4.69, 9.17) is 16.3 Å². The maximum atomic E-state index is 13.7. The smallest absolute Gasteiger partial charge is 0.243 e. The van der Waals surface area contributed by atoms with Crippen molar-refractivity contribution in [3.63, 3.8) is 0 Å². The quantitative estimate of drug-likeness (QED) is 0.769. The summed E-state index contributed by atoms with van der Waals surface area (Å²) in [6, 6.07) is 7.89. The monoisotopic (exact) mass is 400 g/mol. The standard InChI is InChI=1S/C16H15BrClFN2O2/c1-9-5-14(15(23-2)7-11(9)18)20-8-16(22)21-13-4-3-10(17)6-12(13)19/h3-7,20H,8H2,1-2H3,(H,21,22). The minimum absolute atomic E-state index is 0.0348. The lowest BCUT2D eigenvalue weighted by Crippen LogP contribution is -2.22. The van der Waals surface area contributed by atoms with E-state index >= 15 is 0 Å². The lowest BCUT2D eigenvalue weighted by molar-refractivity contribution is -0.114. The molecule has 0 aliphatic rings. The molecule has 2 N–H and O–H groups in total. The molecule has 0 atom stereocenters. The molecule has 0 unspecified atom stereocenters. The molecule has 0 aromatic heterocycles. The molecule has 7 heteroatoms. The molecular weight excluding hydrogens is 387 g/mol. The van der Waals surface area contributed by atoms with Gasteiger partial charge < -0.3 is 15.4 Å². The SMILES string of the molecule is COc1cc(Cl)c(C)cc1NCC(=O)Nc1ccc(Br)cc1F. The van der Waals surface area contributed by atoms with E-state index in [0.717, 1.165) is 5.56 Å². The molecule has 1 amide bonds. The second-order valence-electron chi connectivity index (χ2n) is 4.83. The summed E-state index contributed by atoms with van der Waals surface area (Å²) in [5.74, 6) is -0.350. The second-order valence-corrected chi connectivity index (χ2v) is 6.15. The Morgan fingerprint density at radius 2 is 2.04 bits per heavy atom. The van der Waals surface area contributed by atoms with E-state index in [-0.39, 0.29) is 18.1 Å². The summed E-state index contributed by atoms with van der Waals surface area (Å²) in [4.78, 5) is 12.0. The summed E-state index contributed by atoms with van der Waals surface area (Å²) in [6.07, 6.45) is 0. The van der Waals surface area contributed by atoms with E-state index in [1.54, 1.807) is 18.2 Å². The summed E-state index contributed by atoms with van der Waals surface area (Å²) in [6.45, 7) is 1.82. The van der Waals surface area contributed by atoms with Crippen LogP contribution in [0.15, 0.2) is 34.8 Å². The largest absolute Gasteiger partial charge is 0.495 e. The van der Waals surface area contributed by atoms with Gasteiger partial charge in [-0.1, -0.05) is 27.5 Å². The van der Waals surface area contributed by atoms with Crippen molar-refractivity contribution in [2.75, 3.05) is 24.3 Å². The Kier molecular flexibility index (Phi) is 5.85. The Morgan fingerprint density at radius 1 is 1.30 bits per heavy atom. The molecule has 2 rings (SSSR count). The van der Waals surface area contributed by atoms with Gasteiger partial charge in [0.05, 0.1) is 25.0 Å². The maximum Gasteiger partial charge on any atom is 0.243 e. The number of nitrogens with one attached hydrogen (secondary N) is 2. The summed E-state index contributed by atoms with van der Waals surface area (Å²) in [5.41, 5.74) is 1.62. The molecule has 23 heavy (non-hydrogen) atoms. The van der Waals surface area contributed by atoms with Crippen LogP contribution in [0.1, 0.15) is 5.56 Å². The number of carbonyl (C=O) groups is 1. The van der Waals surface area contributed by atoms with Gasteiger partial charge in [0.25, 0.3) is 0 Å². The third-order valence-electron chi connectivity index (χ3n) is 3.13. The van der Waals surface area contributed by atoms with Crippen LogP contribution >= 0.6 is 27.5 Å². The predicted octanol–water partition coefficient (Wildman–Crippen LogP) is 4.61. The van der Waals surface area contributed by atoms with E-state index < -0.39 is 5.82 Å². The van der Waals surface area contributed by atoms with Crippen LogP contribution in [0.3, 0.4) is 0 Å². The predicted molar refractivity (Wildman–Crippen MR) is 94.0 cm³/mol. The molecule has 0 aliphatic carbocycles. The average molecular weight is 402 g/mol. The van der Waals surface area contributed by atoms with Gasteiger partial charge in [0.15, 0.2) is 0 Å². The molecule has 0 heterocycles. The van der Waals surface area contributed by atoms with Crippen molar-refractivity contribution < 1.29 is 13.9 Å². The summed E-state index contributed by atoms with van der Waals surface area (Å²) < 4.78 is 19.5. The molecule has 0 saturated carbocycles. The molecule has 2 aromatic rings. The van der Waals surface area contributed by atoms with Crippen LogP contribution in [0.4, 0.5) is 15.8 Å². The summed E-state index contributed by atoms with van der Waals surface area (Å²) >= 11 is 9.19. The van der Waals surface area contributed by atoms with E-state index in [9.17, 15) is 9.18 Å². The second kappa shape index (κ2) is 7.66. The fraction of sp³-hybridized carbons (Fsp3) is 0.188. The molecule has 0 fully saturated rings. The zero-order chi connectivity index (χ0) is 17.0. The highest BCUT2D eigenvalue weighted by molar-refractivity contribution is 9.10. The van der Waals surface area contributed by atoms with Crippen molar-refractivity contribution in [1.29, 1.82) is 0 Å². The Labute approximate surface area is 147 Å². The van der Waals surface area contributed by atoms with Crippen molar-refractivity contribution in [2.45, 2.75) is 6.92 Å². The van der Waals surface area contributed by atoms with Crippen LogP contribution < -0.4 is 15.4 Å². The fourth-order valence-corrected chi connectivity index (χ4v) is 2.42. The minimum Gasteiger partial charge on any atom is -0.495 e. The van der Waals surface area contributed by atoms with Crippen LogP contribution in [0, 0.1) is 12.7 Å². The van der Waals surface area contributed by atoms with Gasteiger partial charge in [0, 0.05) is 15.6 Å². The zero-order valence-electron chi connectivity index (χ0n) is 12.5. The number of aryl methyl sites for hydroxylation is 1. The molecular formula is C16H15BrClFN2O2. The van der Waals surface area contributed by atoms with E-state index in [2.05, 4.69) is 26.6 Å². The van der Waals surface area contributed by atoms with Gasteiger partial charge in [-0.25, -0.2) is 4.39 Å². The normalized spacial score (nSPS) is 10.3. The number of rotatable bonds is 5. The van der Waals surface area contributed by atoms with E-state index in [1.165, 1.54) is 19.2 Å². The first-order chi connectivity index (χ1) is 10.9.